The molecule has 0 atom stereocenters. The zero-order valence-electron chi connectivity index (χ0n) is 2.53. The Morgan fingerprint density at radius 3 is 1.67 bits per heavy atom. The molecule has 0 heterocycles. The van der Waals surface area contributed by atoms with Crippen molar-refractivity contribution in [1.29, 1.82) is 0 Å². The summed E-state index contributed by atoms with van der Waals surface area (Å²) >= 11 is 0. The maximum absolute atomic E-state index is 8.44. The van der Waals surface area contributed by atoms with Gasteiger partial charge < -0.3 is 20.5 Å². The molecule has 0 spiro atoms. The van der Waals surface area contributed by atoms with E-state index in [1.165, 1.54) is 0 Å². The molecule has 5 heteroatoms. The summed E-state index contributed by atoms with van der Waals surface area (Å²) in [5, 5.41) is 15.3. The van der Waals surface area contributed by atoms with Crippen LogP contribution in [0.4, 0.5) is 4.79 Å². The Hall–Kier alpha value is -0.0817. The van der Waals surface area contributed by atoms with Crippen molar-refractivity contribution in [3.8, 4) is 0 Å². The quantitative estimate of drug-likeness (QED) is 0.594. The monoisotopic (exact) mass is 273 g/mol. The first-order chi connectivity index (χ1) is 1.73. The van der Waals surface area contributed by atoms with Crippen molar-refractivity contribution in [2.45, 2.75) is 0 Å². The second kappa shape index (κ2) is 8.87. The van der Waals surface area contributed by atoms with E-state index >= 15 is 0 Å². The maximum Gasteiger partial charge on any atom is 2.00 e. The molecule has 0 saturated carbocycles. The van der Waals surface area contributed by atoms with E-state index < -0.39 is 6.16 Å². The first-order valence-corrected chi connectivity index (χ1v) is 0.632. The fourth-order valence-electron chi connectivity index (χ4n) is 0. The van der Waals surface area contributed by atoms with Gasteiger partial charge in [0.25, 0.3) is 0 Å². The van der Waals surface area contributed by atoms with E-state index in [0.29, 0.717) is 0 Å². The second-order valence-electron chi connectivity index (χ2n) is 0.266. The average Bonchev–Trinajstić information content (AvgIpc) is 0.811. The molecule has 0 unspecified atom stereocenters. The summed E-state index contributed by atoms with van der Waals surface area (Å²) in [7, 11) is 0. The summed E-state index contributed by atoms with van der Waals surface area (Å²) in [6, 6.07) is 0. The van der Waals surface area contributed by atoms with Gasteiger partial charge in [0.15, 0.2) is 0 Å². The number of hydrogen-bond donors (Lipinski definition) is 1. The van der Waals surface area contributed by atoms with Crippen LogP contribution >= 0.6 is 0 Å². The Balaban J connectivity index is -0.0000000450. The van der Waals surface area contributed by atoms with Gasteiger partial charge in [-0.15, -0.1) is 0 Å². The average molecular weight is 273 g/mol. The van der Waals surface area contributed by atoms with Crippen molar-refractivity contribution < 1.29 is 41.5 Å². The van der Waals surface area contributed by atoms with Gasteiger partial charge in [0.1, 0.15) is 0 Å². The van der Waals surface area contributed by atoms with Crippen molar-refractivity contribution in [3.05, 3.63) is 0 Å². The normalized spacial score (nSPS) is 4.00. The minimum Gasteiger partial charge on any atom is -0.870 e. The third kappa shape index (κ3) is 5000. The number of carboxylic acid groups (broad SMARTS) is 2. The molecule has 0 fully saturated rings. The molecule has 0 amide bonds. The van der Waals surface area contributed by atoms with E-state index in [1.807, 2.05) is 0 Å². The molecule has 0 saturated heterocycles. The molecule has 4 nitrogen and oxygen atoms in total. The van der Waals surface area contributed by atoms with Gasteiger partial charge in [-0.1, -0.05) is 0 Å². The van der Waals surface area contributed by atoms with Crippen LogP contribution in [0.5, 0.6) is 0 Å². The van der Waals surface area contributed by atoms with Gasteiger partial charge >= 0.3 is 21.1 Å². The minimum absolute atomic E-state index is 0. The third-order valence-corrected chi connectivity index (χ3v) is 0. The van der Waals surface area contributed by atoms with E-state index in [-0.39, 0.29) is 26.5 Å². The van der Waals surface area contributed by atoms with Gasteiger partial charge in [-0.3, -0.25) is 0 Å². The Morgan fingerprint density at radius 2 is 1.67 bits per heavy atom. The summed E-state index contributed by atoms with van der Waals surface area (Å²) in [4.78, 5) is 8.44. The summed E-state index contributed by atoms with van der Waals surface area (Å²) in [6.07, 6.45) is -2.08. The van der Waals surface area contributed by atoms with Crippen molar-refractivity contribution in [2.75, 3.05) is 0 Å². The van der Waals surface area contributed by atoms with Gasteiger partial charge in [0, 0.05) is 0 Å². The fraction of sp³-hybridized carbons (Fsp3) is 0. The topological polar surface area (TPSA) is 90.4 Å². The van der Waals surface area contributed by atoms with E-state index in [1.54, 1.807) is 0 Å². The maximum atomic E-state index is 8.44. The molecular weight excluding hydrogens is 271 g/mol. The first kappa shape index (κ1) is 16.8. The van der Waals surface area contributed by atoms with Crippen LogP contribution in [-0.2, 0) is 21.1 Å². The van der Waals surface area contributed by atoms with Crippen LogP contribution in [0.15, 0.2) is 0 Å². The van der Waals surface area contributed by atoms with E-state index in [9.17, 15) is 0 Å². The predicted molar refractivity (Wildman–Crippen MR) is 9.96 cm³/mol. The second-order valence-corrected chi connectivity index (χ2v) is 0.266. The Morgan fingerprint density at radius 1 is 1.67 bits per heavy atom. The van der Waals surface area contributed by atoms with Crippen LogP contribution in [-0.4, -0.2) is 16.7 Å². The first-order valence-electron chi connectivity index (χ1n) is 0.632. The van der Waals surface area contributed by atoms with Crippen molar-refractivity contribution >= 4 is 6.16 Å². The van der Waals surface area contributed by atoms with Gasteiger partial charge in [-0.25, -0.2) is 0 Å². The number of rotatable bonds is 0. The van der Waals surface area contributed by atoms with Gasteiger partial charge in [-0.2, -0.15) is 0 Å². The van der Waals surface area contributed by atoms with Gasteiger partial charge in [-0.05, 0) is 0 Å². The smallest absolute Gasteiger partial charge is 0.870 e. The largest absolute Gasteiger partial charge is 2.00 e. The van der Waals surface area contributed by atoms with Crippen LogP contribution in [0.1, 0.15) is 0 Å². The summed E-state index contributed by atoms with van der Waals surface area (Å²) in [5.74, 6) is 0. The van der Waals surface area contributed by atoms with E-state index in [4.69, 9.17) is 15.0 Å². The molecule has 0 aromatic rings. The molecule has 2 N–H and O–H groups in total. The molecule has 0 aromatic heterocycles. The summed E-state index contributed by atoms with van der Waals surface area (Å²) in [6.45, 7) is 0. The standard InChI is InChI=1S/CH2O3.H2O.Pt/c2-1(3)4;;/h(H2,2,3,4);1H2;/q;;+2/p-2. The van der Waals surface area contributed by atoms with Crippen LogP contribution in [0.2, 0.25) is 0 Å². The van der Waals surface area contributed by atoms with E-state index in [0.717, 1.165) is 0 Å². The number of carbonyl (C=O) groups is 1. The predicted octanol–water partition coefficient (Wildman–Crippen LogP) is -1.29. The molecule has 40 valence electrons. The Labute approximate surface area is 48.4 Å². The Bertz CT molecular complexity index is 30.5. The number of hydrogen-bond acceptors (Lipinski definition) is 3. The van der Waals surface area contributed by atoms with Crippen molar-refractivity contribution in [3.63, 3.8) is 0 Å². The molecular formula is CH2O4Pt. The molecule has 0 aromatic carbocycles. The minimum atomic E-state index is -2.08. The van der Waals surface area contributed by atoms with Crippen molar-refractivity contribution in [2.24, 2.45) is 0 Å². The van der Waals surface area contributed by atoms with Crippen LogP contribution in [0.3, 0.4) is 0 Å². The molecule has 0 radical (unpaired) electrons. The van der Waals surface area contributed by atoms with Crippen molar-refractivity contribution in [1.82, 2.24) is 0 Å². The Kier molecular flexibility index (Phi) is 24.8. The molecule has 0 aliphatic rings. The zero-order chi connectivity index (χ0) is 3.58. The molecule has 0 aliphatic heterocycles. The van der Waals surface area contributed by atoms with Gasteiger partial charge in [0.05, 0.1) is 0 Å². The van der Waals surface area contributed by atoms with Crippen LogP contribution in [0, 0.1) is 0 Å². The molecule has 0 bridgehead atoms. The summed E-state index contributed by atoms with van der Waals surface area (Å²) < 4.78 is 0. The van der Waals surface area contributed by atoms with Gasteiger partial charge in [0.2, 0.25) is 6.16 Å². The summed E-state index contributed by atoms with van der Waals surface area (Å²) in [5.41, 5.74) is 0. The molecule has 6 heavy (non-hydrogen) atoms. The molecule has 0 aliphatic carbocycles. The van der Waals surface area contributed by atoms with E-state index in [2.05, 4.69) is 0 Å². The third-order valence-electron chi connectivity index (χ3n) is 0. The zero-order valence-corrected chi connectivity index (χ0v) is 4.80. The SMILES string of the molecule is O=C([O-])O.[OH-].[Pt+2]. The molecule has 0 rings (SSSR count). The fourth-order valence-corrected chi connectivity index (χ4v) is 0. The van der Waals surface area contributed by atoms with Crippen LogP contribution in [0.25, 0.3) is 0 Å². The van der Waals surface area contributed by atoms with Crippen LogP contribution < -0.4 is 5.11 Å².